The van der Waals surface area contributed by atoms with E-state index < -0.39 is 13.5 Å². The summed E-state index contributed by atoms with van der Waals surface area (Å²) in [7, 11) is 0.617. The molecule has 0 spiro atoms. The maximum absolute atomic E-state index is 13.9. The van der Waals surface area contributed by atoms with Gasteiger partial charge in [-0.05, 0) is 42.6 Å². The van der Waals surface area contributed by atoms with E-state index in [2.05, 4.69) is 4.98 Å². The molecule has 0 saturated carbocycles. The van der Waals surface area contributed by atoms with Gasteiger partial charge in [0, 0.05) is 30.5 Å². The molecule has 26 heavy (non-hydrogen) atoms. The fourth-order valence-electron chi connectivity index (χ4n) is 3.17. The lowest BCUT2D eigenvalue weighted by Gasteiger charge is -2.18. The van der Waals surface area contributed by atoms with E-state index in [4.69, 9.17) is 14.1 Å². The maximum Gasteiger partial charge on any atom is 0.454 e. The normalized spacial score (nSPS) is 17.0. The number of ether oxygens (including phenoxy) is 2. The fraction of sp³-hybridized carbons (Fsp3) is 0.389. The Labute approximate surface area is 151 Å². The van der Waals surface area contributed by atoms with Crippen LogP contribution in [0.15, 0.2) is 30.6 Å². The second-order valence-corrected chi connectivity index (χ2v) is 6.02. The van der Waals surface area contributed by atoms with Crippen LogP contribution in [-0.4, -0.2) is 37.4 Å². The summed E-state index contributed by atoms with van der Waals surface area (Å²) in [6.07, 6.45) is 0.936. The quantitative estimate of drug-likeness (QED) is 0.794. The number of rotatable bonds is 6. The minimum absolute atomic E-state index is 0.0166. The Morgan fingerprint density at radius 3 is 2.81 bits per heavy atom. The molecule has 5 nitrogen and oxygen atoms in total. The molecule has 1 fully saturated rings. The molecule has 1 aliphatic heterocycles. The van der Waals surface area contributed by atoms with Gasteiger partial charge < -0.3 is 19.2 Å². The zero-order valence-corrected chi connectivity index (χ0v) is 14.6. The van der Waals surface area contributed by atoms with Crippen LogP contribution in [0.1, 0.15) is 30.4 Å². The lowest BCUT2D eigenvalue weighted by molar-refractivity contribution is 0.145. The third-order valence-electron chi connectivity index (χ3n) is 4.40. The van der Waals surface area contributed by atoms with Crippen molar-refractivity contribution in [3.05, 3.63) is 41.7 Å². The first-order valence-corrected chi connectivity index (χ1v) is 8.42. The third kappa shape index (κ3) is 3.66. The molecular formula is C18H20BF2NO4. The van der Waals surface area contributed by atoms with Crippen molar-refractivity contribution in [1.82, 2.24) is 4.98 Å². The molecule has 3 rings (SSSR count). The molecule has 1 N–H and O–H groups in total. The number of pyridine rings is 1. The third-order valence-corrected chi connectivity index (χ3v) is 4.40. The zero-order valence-electron chi connectivity index (χ0n) is 14.6. The van der Waals surface area contributed by atoms with E-state index in [0.717, 1.165) is 5.56 Å². The van der Waals surface area contributed by atoms with E-state index >= 15 is 0 Å². The molecule has 2 heterocycles. The predicted molar refractivity (Wildman–Crippen MR) is 93.8 cm³/mol. The van der Waals surface area contributed by atoms with E-state index in [1.807, 2.05) is 6.07 Å². The van der Waals surface area contributed by atoms with E-state index in [-0.39, 0.29) is 29.6 Å². The summed E-state index contributed by atoms with van der Waals surface area (Å²) in [6.45, 7) is 2.35. The van der Waals surface area contributed by atoms with Crippen molar-refractivity contribution in [3.8, 4) is 22.6 Å². The molecule has 0 bridgehead atoms. The average Bonchev–Trinajstić information content (AvgIpc) is 3.08. The fourth-order valence-corrected chi connectivity index (χ4v) is 3.17. The number of aromatic nitrogens is 1. The lowest BCUT2D eigenvalue weighted by atomic mass is 9.79. The molecule has 1 atom stereocenters. The first-order chi connectivity index (χ1) is 12.5. The van der Waals surface area contributed by atoms with Crippen LogP contribution >= 0.6 is 0 Å². The van der Waals surface area contributed by atoms with Gasteiger partial charge in [-0.25, -0.2) is 8.78 Å². The van der Waals surface area contributed by atoms with Gasteiger partial charge >= 0.3 is 7.12 Å². The van der Waals surface area contributed by atoms with Crippen molar-refractivity contribution < 1.29 is 27.9 Å². The van der Waals surface area contributed by atoms with Crippen LogP contribution in [0, 0.1) is 0 Å². The number of alkyl halides is 2. The molecule has 0 amide bonds. The highest BCUT2D eigenvalue weighted by Gasteiger charge is 2.30. The van der Waals surface area contributed by atoms with Crippen LogP contribution < -0.4 is 9.47 Å². The van der Waals surface area contributed by atoms with Crippen LogP contribution in [0.5, 0.6) is 11.5 Å². The van der Waals surface area contributed by atoms with Gasteiger partial charge in [-0.2, -0.15) is 0 Å². The minimum Gasteiger partial charge on any atom is -0.493 e. The maximum atomic E-state index is 13.9. The largest absolute Gasteiger partial charge is 0.493 e. The Kier molecular flexibility index (Phi) is 5.73. The van der Waals surface area contributed by atoms with Crippen molar-refractivity contribution in [2.75, 3.05) is 20.3 Å². The minimum atomic E-state index is -2.73. The first kappa shape index (κ1) is 18.6. The van der Waals surface area contributed by atoms with Crippen LogP contribution in [0.4, 0.5) is 8.78 Å². The Morgan fingerprint density at radius 2 is 2.19 bits per heavy atom. The molecule has 2 aromatic rings. The highest BCUT2D eigenvalue weighted by Crippen LogP contribution is 2.44. The van der Waals surface area contributed by atoms with Gasteiger partial charge in [-0.1, -0.05) is 0 Å². The van der Waals surface area contributed by atoms with Gasteiger partial charge in [0.2, 0.25) is 0 Å². The molecule has 8 heteroatoms. The smallest absolute Gasteiger partial charge is 0.454 e. The molecule has 0 aliphatic carbocycles. The Hall–Kier alpha value is -2.19. The van der Waals surface area contributed by atoms with Crippen molar-refractivity contribution in [2.24, 2.45) is 0 Å². The topological polar surface area (TPSA) is 60.8 Å². The van der Waals surface area contributed by atoms with Gasteiger partial charge in [0.1, 0.15) is 0 Å². The SMILES string of the molecule is CCOc1c(OC)ccc(-c2cncc([C@@H]3COB(O)C3)c2)c1C(F)F. The van der Waals surface area contributed by atoms with Gasteiger partial charge in [0.15, 0.2) is 11.5 Å². The Morgan fingerprint density at radius 1 is 1.38 bits per heavy atom. The monoisotopic (exact) mass is 363 g/mol. The number of hydrogen-bond donors (Lipinski definition) is 1. The van der Waals surface area contributed by atoms with Crippen molar-refractivity contribution in [1.29, 1.82) is 0 Å². The highest BCUT2D eigenvalue weighted by molar-refractivity contribution is 6.43. The van der Waals surface area contributed by atoms with E-state index in [9.17, 15) is 13.8 Å². The van der Waals surface area contributed by atoms with Crippen LogP contribution in [-0.2, 0) is 4.65 Å². The van der Waals surface area contributed by atoms with Crippen molar-refractivity contribution in [2.45, 2.75) is 25.6 Å². The number of hydrogen-bond acceptors (Lipinski definition) is 5. The first-order valence-electron chi connectivity index (χ1n) is 8.42. The number of halogens is 2. The number of methoxy groups -OCH3 is 1. The van der Waals surface area contributed by atoms with Crippen LogP contribution in [0.25, 0.3) is 11.1 Å². The van der Waals surface area contributed by atoms with Crippen LogP contribution in [0.3, 0.4) is 0 Å². The Balaban J connectivity index is 2.07. The number of nitrogens with zero attached hydrogens (tertiary/aromatic N) is 1. The van der Waals surface area contributed by atoms with Gasteiger partial charge in [0.25, 0.3) is 6.43 Å². The summed E-state index contributed by atoms with van der Waals surface area (Å²) in [5.74, 6) is 0.298. The molecular weight excluding hydrogens is 343 g/mol. The van der Waals surface area contributed by atoms with E-state index in [1.54, 1.807) is 31.5 Å². The van der Waals surface area contributed by atoms with Crippen molar-refractivity contribution in [3.63, 3.8) is 0 Å². The summed E-state index contributed by atoms with van der Waals surface area (Å²) in [5.41, 5.74) is 1.53. The van der Waals surface area contributed by atoms with Crippen molar-refractivity contribution >= 4 is 7.12 Å². The lowest BCUT2D eigenvalue weighted by Crippen LogP contribution is -2.07. The molecule has 0 radical (unpaired) electrons. The molecule has 0 unspecified atom stereocenters. The second kappa shape index (κ2) is 8.01. The van der Waals surface area contributed by atoms with Gasteiger partial charge in [-0.15, -0.1) is 0 Å². The average molecular weight is 363 g/mol. The summed E-state index contributed by atoms with van der Waals surface area (Å²) in [6, 6.07) is 5.01. The van der Waals surface area contributed by atoms with Gasteiger partial charge in [-0.3, -0.25) is 4.98 Å². The van der Waals surface area contributed by atoms with Crippen LogP contribution in [0.2, 0.25) is 6.32 Å². The standard InChI is InChI=1S/C18H20BF2NO4/c1-3-25-17-15(24-2)5-4-14(16(17)18(20)21)12-6-11(8-22-9-12)13-7-19(23)26-10-13/h4-6,8-9,13,18,23H,3,7,10H2,1-2H3/t13-/m0/s1. The zero-order chi connectivity index (χ0) is 18.7. The highest BCUT2D eigenvalue weighted by atomic mass is 19.3. The Bertz CT molecular complexity index is 775. The molecule has 1 aromatic heterocycles. The van der Waals surface area contributed by atoms with E-state index in [0.29, 0.717) is 24.1 Å². The molecule has 138 valence electrons. The number of benzene rings is 1. The molecule has 1 aromatic carbocycles. The predicted octanol–water partition coefficient (Wildman–Crippen LogP) is 3.69. The summed E-state index contributed by atoms with van der Waals surface area (Å²) < 4.78 is 43.5. The molecule has 1 aliphatic rings. The summed E-state index contributed by atoms with van der Waals surface area (Å²) in [4.78, 5) is 4.20. The van der Waals surface area contributed by atoms with E-state index in [1.165, 1.54) is 7.11 Å². The summed E-state index contributed by atoms with van der Waals surface area (Å²) in [5, 5.41) is 9.55. The second-order valence-electron chi connectivity index (χ2n) is 6.02. The molecule has 1 saturated heterocycles. The summed E-state index contributed by atoms with van der Waals surface area (Å²) >= 11 is 0. The van der Waals surface area contributed by atoms with Gasteiger partial charge in [0.05, 0.1) is 19.3 Å².